The lowest BCUT2D eigenvalue weighted by Gasteiger charge is -2.11. The maximum atomic E-state index is 12.9. The van der Waals surface area contributed by atoms with Crippen molar-refractivity contribution in [3.8, 4) is 5.69 Å². The molecular formula is C19H18N6OS. The summed E-state index contributed by atoms with van der Waals surface area (Å²) in [5, 5.41) is 8.95. The number of aromatic nitrogens is 5. The molecule has 0 spiro atoms. The van der Waals surface area contributed by atoms with Crippen molar-refractivity contribution < 1.29 is 4.79 Å². The molecular weight excluding hydrogens is 360 g/mol. The average molecular weight is 378 g/mol. The Morgan fingerprint density at radius 1 is 1.15 bits per heavy atom. The number of nitrogens with zero attached hydrogens (tertiary/aromatic N) is 5. The SMILES string of the molecule is CSc1ncc(C(=O)Nc2cnc3c(c2)c(C)nn3C)n1-c1ccccc1. The highest BCUT2D eigenvalue weighted by atomic mass is 32.2. The highest BCUT2D eigenvalue weighted by Gasteiger charge is 2.18. The summed E-state index contributed by atoms with van der Waals surface area (Å²) in [6, 6.07) is 11.6. The Bertz CT molecular complexity index is 1130. The van der Waals surface area contributed by atoms with Crippen molar-refractivity contribution in [1.82, 2.24) is 24.3 Å². The van der Waals surface area contributed by atoms with E-state index in [4.69, 9.17) is 0 Å². The molecule has 0 fully saturated rings. The van der Waals surface area contributed by atoms with Gasteiger partial charge in [-0.25, -0.2) is 9.97 Å². The van der Waals surface area contributed by atoms with Crippen LogP contribution in [0.3, 0.4) is 0 Å². The maximum Gasteiger partial charge on any atom is 0.274 e. The number of carbonyl (C=O) groups excluding carboxylic acids is 1. The van der Waals surface area contributed by atoms with Crippen molar-refractivity contribution in [3.05, 3.63) is 60.2 Å². The molecule has 1 N–H and O–H groups in total. The Hall–Kier alpha value is -3.13. The molecule has 0 bridgehead atoms. The van der Waals surface area contributed by atoms with Gasteiger partial charge in [-0.05, 0) is 31.4 Å². The first-order valence-corrected chi connectivity index (χ1v) is 9.59. The minimum absolute atomic E-state index is 0.241. The van der Waals surface area contributed by atoms with Gasteiger partial charge in [0, 0.05) is 18.1 Å². The molecule has 1 amide bonds. The molecule has 136 valence electrons. The molecule has 0 aliphatic heterocycles. The molecule has 4 aromatic rings. The third-order valence-electron chi connectivity index (χ3n) is 4.28. The van der Waals surface area contributed by atoms with Gasteiger partial charge in [0.1, 0.15) is 5.69 Å². The van der Waals surface area contributed by atoms with Gasteiger partial charge >= 0.3 is 0 Å². The number of thioether (sulfide) groups is 1. The van der Waals surface area contributed by atoms with Gasteiger partial charge in [0.2, 0.25) is 0 Å². The summed E-state index contributed by atoms with van der Waals surface area (Å²) in [4.78, 5) is 21.7. The Morgan fingerprint density at radius 3 is 2.67 bits per heavy atom. The van der Waals surface area contributed by atoms with Crippen molar-refractivity contribution in [2.24, 2.45) is 7.05 Å². The zero-order chi connectivity index (χ0) is 19.0. The van der Waals surface area contributed by atoms with E-state index in [1.54, 1.807) is 17.1 Å². The van der Waals surface area contributed by atoms with Crippen molar-refractivity contribution in [2.45, 2.75) is 12.1 Å². The Kier molecular flexibility index (Phi) is 4.41. The highest BCUT2D eigenvalue weighted by molar-refractivity contribution is 7.98. The topological polar surface area (TPSA) is 77.6 Å². The van der Waals surface area contributed by atoms with Crippen LogP contribution in [0.4, 0.5) is 5.69 Å². The maximum absolute atomic E-state index is 12.9. The first kappa shape index (κ1) is 17.3. The lowest BCUT2D eigenvalue weighted by atomic mass is 10.2. The number of rotatable bonds is 4. The van der Waals surface area contributed by atoms with Gasteiger partial charge in [0.25, 0.3) is 5.91 Å². The number of pyridine rings is 1. The predicted octanol–water partition coefficient (Wildman–Crippen LogP) is 3.44. The molecule has 0 atom stereocenters. The third-order valence-corrected chi connectivity index (χ3v) is 4.93. The number of nitrogens with one attached hydrogen (secondary N) is 1. The second-order valence-corrected chi connectivity index (χ2v) is 6.83. The summed E-state index contributed by atoms with van der Waals surface area (Å²) >= 11 is 1.49. The van der Waals surface area contributed by atoms with E-state index in [-0.39, 0.29) is 5.91 Å². The van der Waals surface area contributed by atoms with Crippen LogP contribution in [0.1, 0.15) is 16.2 Å². The number of hydrogen-bond acceptors (Lipinski definition) is 5. The lowest BCUT2D eigenvalue weighted by Crippen LogP contribution is -2.16. The zero-order valence-electron chi connectivity index (χ0n) is 15.2. The monoisotopic (exact) mass is 378 g/mol. The van der Waals surface area contributed by atoms with E-state index < -0.39 is 0 Å². The number of para-hydroxylation sites is 1. The van der Waals surface area contributed by atoms with Gasteiger partial charge in [0.05, 0.1) is 23.8 Å². The summed E-state index contributed by atoms with van der Waals surface area (Å²) in [6.45, 7) is 1.92. The van der Waals surface area contributed by atoms with Gasteiger partial charge in [0.15, 0.2) is 10.8 Å². The van der Waals surface area contributed by atoms with Crippen LogP contribution in [-0.2, 0) is 7.05 Å². The third kappa shape index (κ3) is 3.08. The summed E-state index contributed by atoms with van der Waals surface area (Å²) < 4.78 is 3.58. The quantitative estimate of drug-likeness (QED) is 0.551. The fourth-order valence-electron chi connectivity index (χ4n) is 3.04. The number of aryl methyl sites for hydroxylation is 2. The van der Waals surface area contributed by atoms with E-state index in [1.165, 1.54) is 11.8 Å². The Labute approximate surface area is 160 Å². The van der Waals surface area contributed by atoms with Crippen LogP contribution in [0, 0.1) is 6.92 Å². The van der Waals surface area contributed by atoms with E-state index in [0.717, 1.165) is 27.6 Å². The number of benzene rings is 1. The second kappa shape index (κ2) is 6.88. The van der Waals surface area contributed by atoms with Gasteiger partial charge < -0.3 is 5.32 Å². The lowest BCUT2D eigenvalue weighted by molar-refractivity contribution is 0.102. The normalized spacial score (nSPS) is 11.1. The van der Waals surface area contributed by atoms with Crippen LogP contribution in [0.2, 0.25) is 0 Å². The van der Waals surface area contributed by atoms with Crippen molar-refractivity contribution in [2.75, 3.05) is 11.6 Å². The van der Waals surface area contributed by atoms with Gasteiger partial charge in [-0.15, -0.1) is 0 Å². The summed E-state index contributed by atoms with van der Waals surface area (Å²) in [6.07, 6.45) is 5.17. The second-order valence-electron chi connectivity index (χ2n) is 6.06. The first-order valence-electron chi connectivity index (χ1n) is 8.36. The largest absolute Gasteiger partial charge is 0.319 e. The molecule has 1 aromatic carbocycles. The fourth-order valence-corrected chi connectivity index (χ4v) is 3.58. The number of fused-ring (bicyclic) bond motifs is 1. The Morgan fingerprint density at radius 2 is 1.93 bits per heavy atom. The van der Waals surface area contributed by atoms with Crippen molar-refractivity contribution in [3.63, 3.8) is 0 Å². The van der Waals surface area contributed by atoms with Crippen molar-refractivity contribution in [1.29, 1.82) is 0 Å². The van der Waals surface area contributed by atoms with E-state index in [0.29, 0.717) is 11.4 Å². The van der Waals surface area contributed by atoms with Gasteiger partial charge in [-0.1, -0.05) is 30.0 Å². The number of hydrogen-bond donors (Lipinski definition) is 1. The molecule has 0 saturated heterocycles. The molecule has 8 heteroatoms. The molecule has 0 aliphatic carbocycles. The van der Waals surface area contributed by atoms with Crippen LogP contribution in [0.25, 0.3) is 16.7 Å². The summed E-state index contributed by atoms with van der Waals surface area (Å²) in [5.41, 5.74) is 3.63. The van der Waals surface area contributed by atoms with E-state index in [1.807, 2.05) is 61.2 Å². The highest BCUT2D eigenvalue weighted by Crippen LogP contribution is 2.23. The minimum atomic E-state index is -0.241. The molecule has 4 rings (SSSR count). The summed E-state index contributed by atoms with van der Waals surface area (Å²) in [7, 11) is 1.85. The molecule has 27 heavy (non-hydrogen) atoms. The molecule has 3 heterocycles. The van der Waals surface area contributed by atoms with Crippen LogP contribution in [0.15, 0.2) is 53.9 Å². The molecule has 7 nitrogen and oxygen atoms in total. The number of anilines is 1. The van der Waals surface area contributed by atoms with Gasteiger partial charge in [-0.3, -0.25) is 14.0 Å². The van der Waals surface area contributed by atoms with Crippen molar-refractivity contribution >= 4 is 34.4 Å². The molecule has 0 unspecified atom stereocenters. The summed E-state index contributed by atoms with van der Waals surface area (Å²) in [5.74, 6) is -0.241. The Balaban J connectivity index is 1.70. The van der Waals surface area contributed by atoms with Crippen LogP contribution in [-0.4, -0.2) is 36.5 Å². The predicted molar refractivity (Wildman–Crippen MR) is 107 cm³/mol. The molecule has 0 aliphatic rings. The van der Waals surface area contributed by atoms with E-state index in [9.17, 15) is 4.79 Å². The number of imidazole rings is 1. The van der Waals surface area contributed by atoms with Crippen LogP contribution >= 0.6 is 11.8 Å². The smallest absolute Gasteiger partial charge is 0.274 e. The van der Waals surface area contributed by atoms with Crippen LogP contribution < -0.4 is 5.32 Å². The zero-order valence-corrected chi connectivity index (χ0v) is 16.0. The van der Waals surface area contributed by atoms with E-state index in [2.05, 4.69) is 20.4 Å². The van der Waals surface area contributed by atoms with Crippen LogP contribution in [0.5, 0.6) is 0 Å². The minimum Gasteiger partial charge on any atom is -0.319 e. The first-order chi connectivity index (χ1) is 13.1. The number of amides is 1. The molecule has 0 saturated carbocycles. The standard InChI is InChI=1S/C19H18N6OS/c1-12-15-9-13(10-20-17(15)24(2)23-12)22-18(26)16-11-21-19(27-3)25(16)14-7-5-4-6-8-14/h4-11H,1-3H3,(H,22,26). The van der Waals surface area contributed by atoms with Gasteiger partial charge in [-0.2, -0.15) is 5.10 Å². The average Bonchev–Trinajstić information content (AvgIpc) is 3.23. The van der Waals surface area contributed by atoms with E-state index >= 15 is 0 Å². The molecule has 3 aromatic heterocycles. The molecule has 0 radical (unpaired) electrons. The fraction of sp³-hybridized carbons (Fsp3) is 0.158. The number of carbonyl (C=O) groups is 1.